The number of nitrogens with one attached hydrogen (secondary N) is 1. The highest BCUT2D eigenvalue weighted by molar-refractivity contribution is 5.81. The molecule has 100 valence electrons. The fraction of sp³-hybridized carbons (Fsp3) is 0.917. The van der Waals surface area contributed by atoms with E-state index < -0.39 is 12.1 Å². The van der Waals surface area contributed by atoms with Gasteiger partial charge in [0.05, 0.1) is 18.2 Å². The van der Waals surface area contributed by atoms with E-state index in [2.05, 4.69) is 5.32 Å². The molecule has 1 amide bonds. The molecular weight excluding hydrogens is 220 g/mol. The molecule has 3 unspecified atom stereocenters. The summed E-state index contributed by atoms with van der Waals surface area (Å²) in [6, 6.07) is -0.621. The quantitative estimate of drug-likeness (QED) is 0.581. The monoisotopic (exact) mass is 244 g/mol. The summed E-state index contributed by atoms with van der Waals surface area (Å²) in [5.74, 6) is -0.160. The van der Waals surface area contributed by atoms with Crippen LogP contribution in [0.4, 0.5) is 0 Å². The summed E-state index contributed by atoms with van der Waals surface area (Å²) in [7, 11) is 1.63. The van der Waals surface area contributed by atoms with Crippen molar-refractivity contribution in [3.05, 3.63) is 0 Å². The molecule has 3 atom stereocenters. The first kappa shape index (κ1) is 14.4. The van der Waals surface area contributed by atoms with E-state index in [4.69, 9.17) is 10.5 Å². The minimum atomic E-state index is -0.501. The van der Waals surface area contributed by atoms with Gasteiger partial charge in [-0.1, -0.05) is 12.8 Å². The fourth-order valence-corrected chi connectivity index (χ4v) is 2.15. The van der Waals surface area contributed by atoms with E-state index in [9.17, 15) is 9.90 Å². The molecule has 0 aliphatic heterocycles. The summed E-state index contributed by atoms with van der Waals surface area (Å²) in [5.41, 5.74) is 5.77. The molecular formula is C12H24N2O3. The van der Waals surface area contributed by atoms with Crippen LogP contribution in [-0.4, -0.2) is 42.9 Å². The van der Waals surface area contributed by atoms with Gasteiger partial charge in [0.1, 0.15) is 0 Å². The topological polar surface area (TPSA) is 84.6 Å². The van der Waals surface area contributed by atoms with Crippen LogP contribution in [0.15, 0.2) is 0 Å². The fourth-order valence-electron chi connectivity index (χ4n) is 2.15. The third-order valence-electron chi connectivity index (χ3n) is 3.26. The number of ether oxygens (including phenoxy) is 1. The Morgan fingerprint density at radius 3 is 2.88 bits per heavy atom. The molecule has 0 aromatic carbocycles. The first-order valence-electron chi connectivity index (χ1n) is 6.38. The number of hydrogen-bond acceptors (Lipinski definition) is 4. The van der Waals surface area contributed by atoms with E-state index in [1.165, 1.54) is 0 Å². The van der Waals surface area contributed by atoms with Gasteiger partial charge in [-0.15, -0.1) is 0 Å². The standard InChI is InChI=1S/C12H24N2O3/c1-17-8-4-5-9(13)12(16)14-10-6-2-3-7-11(10)15/h9-11,15H,2-8,13H2,1H3,(H,14,16). The Balaban J connectivity index is 2.26. The van der Waals surface area contributed by atoms with Crippen molar-refractivity contribution < 1.29 is 14.6 Å². The Kier molecular flexibility index (Phi) is 6.47. The number of rotatable bonds is 6. The maximum absolute atomic E-state index is 11.8. The molecule has 1 aliphatic carbocycles. The molecule has 17 heavy (non-hydrogen) atoms. The normalized spacial score (nSPS) is 26.5. The smallest absolute Gasteiger partial charge is 0.237 e. The lowest BCUT2D eigenvalue weighted by molar-refractivity contribution is -0.124. The van der Waals surface area contributed by atoms with Crippen molar-refractivity contribution in [3.8, 4) is 0 Å². The highest BCUT2D eigenvalue weighted by atomic mass is 16.5. The Labute approximate surface area is 103 Å². The van der Waals surface area contributed by atoms with E-state index in [1.807, 2.05) is 0 Å². The first-order chi connectivity index (χ1) is 8.15. The summed E-state index contributed by atoms with van der Waals surface area (Å²) in [6.45, 7) is 0.618. The van der Waals surface area contributed by atoms with Gasteiger partial charge in [0.25, 0.3) is 0 Å². The van der Waals surface area contributed by atoms with E-state index in [0.717, 1.165) is 32.1 Å². The van der Waals surface area contributed by atoms with E-state index in [0.29, 0.717) is 13.0 Å². The van der Waals surface area contributed by atoms with Gasteiger partial charge >= 0.3 is 0 Å². The number of carbonyl (C=O) groups is 1. The second-order valence-electron chi connectivity index (χ2n) is 4.71. The van der Waals surface area contributed by atoms with Crippen LogP contribution < -0.4 is 11.1 Å². The molecule has 0 aromatic heterocycles. The molecule has 1 rings (SSSR count). The van der Waals surface area contributed by atoms with Crippen molar-refractivity contribution in [2.75, 3.05) is 13.7 Å². The number of nitrogens with two attached hydrogens (primary N) is 1. The van der Waals surface area contributed by atoms with E-state index in [1.54, 1.807) is 7.11 Å². The van der Waals surface area contributed by atoms with Crippen molar-refractivity contribution in [2.45, 2.75) is 56.7 Å². The third kappa shape index (κ3) is 5.02. The molecule has 0 radical (unpaired) electrons. The largest absolute Gasteiger partial charge is 0.391 e. The summed E-state index contributed by atoms with van der Waals surface area (Å²) in [6.07, 6.45) is 4.68. The van der Waals surface area contributed by atoms with Crippen LogP contribution in [0.3, 0.4) is 0 Å². The van der Waals surface area contributed by atoms with Gasteiger partial charge in [0.2, 0.25) is 5.91 Å². The highest BCUT2D eigenvalue weighted by Gasteiger charge is 2.26. The number of methoxy groups -OCH3 is 1. The number of aliphatic hydroxyl groups excluding tert-OH is 1. The van der Waals surface area contributed by atoms with Crippen LogP contribution in [0.5, 0.6) is 0 Å². The van der Waals surface area contributed by atoms with E-state index >= 15 is 0 Å². The van der Waals surface area contributed by atoms with Gasteiger partial charge in [-0.25, -0.2) is 0 Å². The first-order valence-corrected chi connectivity index (χ1v) is 6.38. The number of carbonyl (C=O) groups excluding carboxylic acids is 1. The van der Waals surface area contributed by atoms with Gasteiger partial charge in [-0.05, 0) is 25.7 Å². The van der Waals surface area contributed by atoms with Crippen molar-refractivity contribution in [2.24, 2.45) is 5.73 Å². The van der Waals surface area contributed by atoms with Crippen LogP contribution in [0, 0.1) is 0 Å². The zero-order chi connectivity index (χ0) is 12.7. The van der Waals surface area contributed by atoms with Crippen molar-refractivity contribution in [1.29, 1.82) is 0 Å². The molecule has 0 heterocycles. The lowest BCUT2D eigenvalue weighted by Crippen LogP contribution is -2.50. The maximum Gasteiger partial charge on any atom is 0.237 e. The van der Waals surface area contributed by atoms with Gasteiger partial charge in [0.15, 0.2) is 0 Å². The molecule has 0 saturated heterocycles. The predicted octanol–water partition coefficient (Wildman–Crippen LogP) is 0.160. The minimum Gasteiger partial charge on any atom is -0.391 e. The second-order valence-corrected chi connectivity index (χ2v) is 4.71. The maximum atomic E-state index is 11.8. The Hall–Kier alpha value is -0.650. The van der Waals surface area contributed by atoms with Gasteiger partial charge in [-0.2, -0.15) is 0 Å². The lowest BCUT2D eigenvalue weighted by Gasteiger charge is -2.29. The minimum absolute atomic E-state index is 0.121. The summed E-state index contributed by atoms with van der Waals surface area (Å²) in [4.78, 5) is 11.8. The lowest BCUT2D eigenvalue weighted by atomic mass is 9.92. The molecule has 0 spiro atoms. The van der Waals surface area contributed by atoms with Crippen LogP contribution in [0.2, 0.25) is 0 Å². The Morgan fingerprint density at radius 2 is 2.24 bits per heavy atom. The molecule has 5 heteroatoms. The molecule has 5 nitrogen and oxygen atoms in total. The molecule has 0 bridgehead atoms. The molecule has 1 saturated carbocycles. The van der Waals surface area contributed by atoms with E-state index in [-0.39, 0.29) is 11.9 Å². The van der Waals surface area contributed by atoms with Gasteiger partial charge in [-0.3, -0.25) is 4.79 Å². The molecule has 1 fully saturated rings. The SMILES string of the molecule is COCCCC(N)C(=O)NC1CCCCC1O. The molecule has 4 N–H and O–H groups in total. The predicted molar refractivity (Wildman–Crippen MR) is 65.5 cm³/mol. The Bertz CT molecular complexity index is 236. The number of hydrogen-bond donors (Lipinski definition) is 3. The average molecular weight is 244 g/mol. The summed E-state index contributed by atoms with van der Waals surface area (Å²) >= 11 is 0. The van der Waals surface area contributed by atoms with Gasteiger partial charge < -0.3 is 20.9 Å². The Morgan fingerprint density at radius 1 is 1.53 bits per heavy atom. The third-order valence-corrected chi connectivity index (χ3v) is 3.26. The van der Waals surface area contributed by atoms with Crippen molar-refractivity contribution in [1.82, 2.24) is 5.32 Å². The zero-order valence-electron chi connectivity index (χ0n) is 10.5. The zero-order valence-corrected chi connectivity index (χ0v) is 10.5. The molecule has 0 aromatic rings. The summed E-state index contributed by atoms with van der Waals surface area (Å²) in [5, 5.41) is 12.6. The van der Waals surface area contributed by atoms with Crippen molar-refractivity contribution >= 4 is 5.91 Å². The van der Waals surface area contributed by atoms with Crippen LogP contribution in [0.25, 0.3) is 0 Å². The average Bonchev–Trinajstić information content (AvgIpc) is 2.32. The van der Waals surface area contributed by atoms with Crippen molar-refractivity contribution in [3.63, 3.8) is 0 Å². The number of amides is 1. The number of aliphatic hydroxyl groups is 1. The highest BCUT2D eigenvalue weighted by Crippen LogP contribution is 2.18. The van der Waals surface area contributed by atoms with Crippen LogP contribution in [0.1, 0.15) is 38.5 Å². The van der Waals surface area contributed by atoms with Gasteiger partial charge in [0, 0.05) is 13.7 Å². The van der Waals surface area contributed by atoms with Crippen LogP contribution >= 0.6 is 0 Å². The molecule has 1 aliphatic rings. The second kappa shape index (κ2) is 7.63. The summed E-state index contributed by atoms with van der Waals surface area (Å²) < 4.78 is 4.91. The van der Waals surface area contributed by atoms with Crippen LogP contribution in [-0.2, 0) is 9.53 Å².